The first-order valence-corrected chi connectivity index (χ1v) is 12.3. The third-order valence-corrected chi connectivity index (χ3v) is 6.33. The number of aryl methyl sites for hydroxylation is 1. The third kappa shape index (κ3) is 6.32. The molecule has 1 amide bonds. The number of carboxylic acid groups (broad SMARTS) is 1. The van der Waals surface area contributed by atoms with Crippen molar-refractivity contribution in [2.45, 2.75) is 38.7 Å². The Morgan fingerprint density at radius 3 is 2.03 bits per heavy atom. The minimum absolute atomic E-state index is 0. The molecule has 1 N–H and O–H groups in total. The van der Waals surface area contributed by atoms with Crippen LogP contribution >= 0.6 is 0 Å². The van der Waals surface area contributed by atoms with Crippen molar-refractivity contribution in [1.29, 1.82) is 0 Å². The van der Waals surface area contributed by atoms with Crippen LogP contribution in [0.2, 0.25) is 0 Å². The number of ether oxygens (including phenoxy) is 1. The van der Waals surface area contributed by atoms with Crippen LogP contribution in [0.1, 0.15) is 37.8 Å². The molecule has 4 aromatic rings. The Morgan fingerprint density at radius 1 is 0.921 bits per heavy atom. The molecule has 1 saturated carbocycles. The second kappa shape index (κ2) is 12.9. The van der Waals surface area contributed by atoms with Gasteiger partial charge in [0.2, 0.25) is 0 Å². The third-order valence-electron chi connectivity index (χ3n) is 6.33. The predicted octanol–water partition coefficient (Wildman–Crippen LogP) is 1.71. The SMILES string of the molecule is CC.Cn1nnc(-c2ccc(-c3ccc(C4(C(=O)[O-])CC4)cc3)cc2)c1NC(=O)OCc1ccccc1.[Na+]. The first-order valence-electron chi connectivity index (χ1n) is 12.3. The Kier molecular flexibility index (Phi) is 9.85. The molecule has 0 atom stereocenters. The molecular weight excluding hydrogens is 491 g/mol. The molecule has 1 aliphatic carbocycles. The van der Waals surface area contributed by atoms with Crippen LogP contribution in [0, 0.1) is 0 Å². The van der Waals surface area contributed by atoms with Gasteiger partial charge in [0.15, 0.2) is 5.82 Å². The zero-order valence-corrected chi connectivity index (χ0v) is 24.1. The van der Waals surface area contributed by atoms with Crippen LogP contribution in [0.15, 0.2) is 78.9 Å². The number of benzene rings is 3. The smallest absolute Gasteiger partial charge is 0.549 e. The number of hydrogen-bond donors (Lipinski definition) is 1. The van der Waals surface area contributed by atoms with Gasteiger partial charge in [-0.1, -0.05) is 97.9 Å². The van der Waals surface area contributed by atoms with Crippen LogP contribution < -0.4 is 40.0 Å². The fourth-order valence-electron chi connectivity index (χ4n) is 4.09. The zero-order chi connectivity index (χ0) is 26.4. The van der Waals surface area contributed by atoms with Gasteiger partial charge in [-0.3, -0.25) is 5.32 Å². The molecule has 8 nitrogen and oxygen atoms in total. The van der Waals surface area contributed by atoms with Crippen molar-refractivity contribution in [2.24, 2.45) is 7.05 Å². The van der Waals surface area contributed by atoms with E-state index in [-0.39, 0.29) is 36.2 Å². The minimum atomic E-state index is -1.01. The van der Waals surface area contributed by atoms with Crippen molar-refractivity contribution >= 4 is 17.9 Å². The molecule has 0 saturated heterocycles. The van der Waals surface area contributed by atoms with Crippen LogP contribution in [-0.2, 0) is 28.6 Å². The van der Waals surface area contributed by atoms with E-state index in [4.69, 9.17) is 4.74 Å². The summed E-state index contributed by atoms with van der Waals surface area (Å²) in [4.78, 5) is 23.8. The first-order chi connectivity index (χ1) is 18.0. The van der Waals surface area contributed by atoms with Gasteiger partial charge in [-0.05, 0) is 35.1 Å². The maximum absolute atomic E-state index is 12.4. The molecule has 9 heteroatoms. The van der Waals surface area contributed by atoms with Gasteiger partial charge in [-0.2, -0.15) is 0 Å². The van der Waals surface area contributed by atoms with Gasteiger partial charge in [0.1, 0.15) is 12.3 Å². The number of rotatable bonds is 7. The second-order valence-corrected chi connectivity index (χ2v) is 8.62. The van der Waals surface area contributed by atoms with Crippen molar-refractivity contribution in [2.75, 3.05) is 5.32 Å². The molecule has 0 spiro atoms. The van der Waals surface area contributed by atoms with Crippen molar-refractivity contribution in [3.63, 3.8) is 0 Å². The molecule has 1 aromatic heterocycles. The minimum Gasteiger partial charge on any atom is -0.549 e. The van der Waals surface area contributed by atoms with Crippen LogP contribution in [0.3, 0.4) is 0 Å². The topological polar surface area (TPSA) is 109 Å². The summed E-state index contributed by atoms with van der Waals surface area (Å²) in [5.41, 5.74) is 4.10. The summed E-state index contributed by atoms with van der Waals surface area (Å²) in [6, 6.07) is 24.7. The van der Waals surface area contributed by atoms with Crippen molar-refractivity contribution in [3.8, 4) is 22.4 Å². The van der Waals surface area contributed by atoms with Crippen LogP contribution in [0.4, 0.5) is 10.6 Å². The van der Waals surface area contributed by atoms with E-state index in [1.54, 1.807) is 7.05 Å². The molecular formula is C29H29N4NaO4. The number of carbonyl (C=O) groups is 2. The molecule has 0 aliphatic heterocycles. The predicted molar refractivity (Wildman–Crippen MR) is 139 cm³/mol. The number of hydrogen-bond acceptors (Lipinski definition) is 6. The molecule has 1 fully saturated rings. The van der Waals surface area contributed by atoms with Gasteiger partial charge in [-0.15, -0.1) is 5.10 Å². The van der Waals surface area contributed by atoms with Crippen molar-refractivity contribution in [3.05, 3.63) is 90.0 Å². The second-order valence-electron chi connectivity index (χ2n) is 8.62. The maximum atomic E-state index is 12.4. The zero-order valence-electron chi connectivity index (χ0n) is 22.1. The van der Waals surface area contributed by atoms with E-state index in [9.17, 15) is 14.7 Å². The standard InChI is InChI=1S/C27H24N4O4.C2H6.Na/c1-31-24(28-26(34)35-17-18-5-3-2-4-6-18)23(29-30-31)21-9-7-19(8-10-21)20-11-13-22(14-12-20)27(15-16-27)25(32)33;1-2;/h2-14H,15-17H2,1H3,(H,28,34)(H,32,33);1-2H3;/q;;+1/p-1. The monoisotopic (exact) mass is 520 g/mol. The summed E-state index contributed by atoms with van der Waals surface area (Å²) in [5, 5.41) is 22.4. The fourth-order valence-corrected chi connectivity index (χ4v) is 4.09. The Labute approximate surface area is 244 Å². The normalized spacial score (nSPS) is 12.8. The van der Waals surface area contributed by atoms with Gasteiger partial charge in [0.25, 0.3) is 0 Å². The summed E-state index contributed by atoms with van der Waals surface area (Å²) >= 11 is 0. The van der Waals surface area contributed by atoms with Gasteiger partial charge in [-0.25, -0.2) is 9.48 Å². The number of nitrogens with one attached hydrogen (secondary N) is 1. The number of amides is 1. The molecule has 0 bridgehead atoms. The van der Waals surface area contributed by atoms with Crippen molar-refractivity contribution in [1.82, 2.24) is 15.0 Å². The molecule has 1 aliphatic rings. The van der Waals surface area contributed by atoms with E-state index in [1.165, 1.54) is 4.68 Å². The first kappa shape index (κ1) is 29.1. The summed E-state index contributed by atoms with van der Waals surface area (Å²) in [7, 11) is 1.69. The maximum Gasteiger partial charge on any atom is 1.00 e. The average molecular weight is 521 g/mol. The number of carbonyl (C=O) groups excluding carboxylic acids is 2. The van der Waals surface area contributed by atoms with E-state index in [0.717, 1.165) is 27.8 Å². The molecule has 0 unspecified atom stereocenters. The fraction of sp³-hybridized carbons (Fsp3) is 0.241. The average Bonchev–Trinajstić information content (AvgIpc) is 3.69. The number of nitrogens with zero attached hydrogens (tertiary/aromatic N) is 3. The molecule has 190 valence electrons. The van der Waals surface area contributed by atoms with Gasteiger partial charge >= 0.3 is 35.7 Å². The van der Waals surface area contributed by atoms with E-state index in [2.05, 4.69) is 15.6 Å². The van der Waals surface area contributed by atoms with Crippen LogP contribution in [0.5, 0.6) is 0 Å². The molecule has 0 radical (unpaired) electrons. The molecule has 5 rings (SSSR count). The van der Waals surface area contributed by atoms with Crippen LogP contribution in [0.25, 0.3) is 22.4 Å². The summed E-state index contributed by atoms with van der Waals surface area (Å²) in [6.45, 7) is 4.16. The van der Waals surface area contributed by atoms with Gasteiger partial charge in [0.05, 0.1) is 5.97 Å². The number of aromatic nitrogens is 3. The quantitative estimate of drug-likeness (QED) is 0.372. The van der Waals surface area contributed by atoms with Gasteiger partial charge < -0.3 is 14.6 Å². The van der Waals surface area contributed by atoms with Crippen molar-refractivity contribution < 1.29 is 49.0 Å². The van der Waals surface area contributed by atoms with Gasteiger partial charge in [0, 0.05) is 18.0 Å². The number of anilines is 1. The summed E-state index contributed by atoms with van der Waals surface area (Å²) in [6.07, 6.45) is 0.650. The Hall–Kier alpha value is -3.46. The Bertz CT molecular complexity index is 1370. The molecule has 38 heavy (non-hydrogen) atoms. The van der Waals surface area contributed by atoms with E-state index < -0.39 is 17.5 Å². The largest absolute Gasteiger partial charge is 1.00 e. The number of carboxylic acids is 1. The van der Waals surface area contributed by atoms with E-state index >= 15 is 0 Å². The Morgan fingerprint density at radius 2 is 1.47 bits per heavy atom. The Balaban J connectivity index is 0.00000130. The van der Waals surface area contributed by atoms with E-state index in [0.29, 0.717) is 24.4 Å². The van der Waals surface area contributed by atoms with E-state index in [1.807, 2.05) is 92.7 Å². The number of aliphatic carboxylic acids is 1. The van der Waals surface area contributed by atoms with Crippen LogP contribution in [-0.4, -0.2) is 27.1 Å². The summed E-state index contributed by atoms with van der Waals surface area (Å²) in [5.74, 6) is -0.580. The molecule has 1 heterocycles. The molecule has 3 aromatic carbocycles. The summed E-state index contributed by atoms with van der Waals surface area (Å²) < 4.78 is 6.80.